The zero-order chi connectivity index (χ0) is 22.0. The van der Waals surface area contributed by atoms with Gasteiger partial charge in [-0.05, 0) is 31.5 Å². The maximum absolute atomic E-state index is 12.7. The number of carbonyl (C=O) groups is 1. The summed E-state index contributed by atoms with van der Waals surface area (Å²) < 4.78 is 1.61. The molecule has 0 spiro atoms. The summed E-state index contributed by atoms with van der Waals surface area (Å²) in [6.45, 7) is 3.62. The molecule has 0 saturated heterocycles. The predicted octanol–water partition coefficient (Wildman–Crippen LogP) is 4.09. The lowest BCUT2D eigenvalue weighted by molar-refractivity contribution is -0.384. The molecule has 156 valence electrons. The summed E-state index contributed by atoms with van der Waals surface area (Å²) in [6, 6.07) is 15.9. The number of benzene rings is 2. The van der Waals surface area contributed by atoms with Crippen molar-refractivity contribution >= 4 is 28.1 Å². The van der Waals surface area contributed by atoms with E-state index in [-0.39, 0.29) is 11.4 Å². The summed E-state index contributed by atoms with van der Waals surface area (Å²) in [6.07, 6.45) is 0.490. The van der Waals surface area contributed by atoms with E-state index in [1.54, 1.807) is 23.7 Å². The number of non-ortho nitro benzene ring substituents is 1. The van der Waals surface area contributed by atoms with Crippen LogP contribution in [0, 0.1) is 24.0 Å². The van der Waals surface area contributed by atoms with Gasteiger partial charge in [0.1, 0.15) is 0 Å². The van der Waals surface area contributed by atoms with Crippen molar-refractivity contribution in [3.8, 4) is 5.69 Å². The highest BCUT2D eigenvalue weighted by Crippen LogP contribution is 2.27. The molecule has 4 rings (SSSR count). The number of aryl methyl sites for hydroxylation is 1. The monoisotopic (exact) mass is 434 g/mol. The molecule has 0 aliphatic carbocycles. The van der Waals surface area contributed by atoms with Gasteiger partial charge in [-0.2, -0.15) is 0 Å². The maximum Gasteiger partial charge on any atom is 0.279 e. The Morgan fingerprint density at radius 2 is 1.94 bits per heavy atom. The minimum absolute atomic E-state index is 0.0465. The van der Waals surface area contributed by atoms with E-state index in [0.717, 1.165) is 21.8 Å². The van der Waals surface area contributed by atoms with Gasteiger partial charge in [-0.3, -0.25) is 20.2 Å². The topological polar surface area (TPSA) is 116 Å². The smallest absolute Gasteiger partial charge is 0.279 e. The number of nitro groups is 1. The second kappa shape index (κ2) is 8.44. The van der Waals surface area contributed by atoms with Crippen molar-refractivity contribution in [2.24, 2.45) is 0 Å². The van der Waals surface area contributed by atoms with Gasteiger partial charge in [-0.15, -0.1) is 16.4 Å². The third kappa shape index (κ3) is 4.33. The Morgan fingerprint density at radius 3 is 2.68 bits per heavy atom. The van der Waals surface area contributed by atoms with Gasteiger partial charge >= 0.3 is 0 Å². The Hall–Kier alpha value is -3.92. The fraction of sp³-hybridized carbons (Fsp3) is 0.143. The number of hydrogen-bond acceptors (Lipinski definition) is 7. The number of amides is 1. The maximum atomic E-state index is 12.7. The van der Waals surface area contributed by atoms with E-state index in [0.29, 0.717) is 17.2 Å². The van der Waals surface area contributed by atoms with E-state index in [9.17, 15) is 14.9 Å². The highest BCUT2D eigenvalue weighted by molar-refractivity contribution is 7.15. The summed E-state index contributed by atoms with van der Waals surface area (Å²) in [7, 11) is 0. The molecular weight excluding hydrogens is 416 g/mol. The molecule has 1 N–H and O–H groups in total. The van der Waals surface area contributed by atoms with Crippen molar-refractivity contribution in [3.63, 3.8) is 0 Å². The fourth-order valence-electron chi connectivity index (χ4n) is 3.12. The molecule has 0 atom stereocenters. The summed E-state index contributed by atoms with van der Waals surface area (Å²) >= 11 is 1.33. The molecule has 0 fully saturated rings. The molecule has 10 heteroatoms. The molecule has 0 unspecified atom stereocenters. The van der Waals surface area contributed by atoms with Crippen molar-refractivity contribution in [1.82, 2.24) is 20.0 Å². The fourth-order valence-corrected chi connectivity index (χ4v) is 4.11. The number of nitrogens with zero attached hydrogens (tertiary/aromatic N) is 5. The first kappa shape index (κ1) is 20.4. The molecule has 0 aliphatic rings. The number of carbonyl (C=O) groups excluding carboxylic acids is 1. The Labute approximate surface area is 181 Å². The van der Waals surface area contributed by atoms with E-state index in [4.69, 9.17) is 0 Å². The van der Waals surface area contributed by atoms with E-state index in [1.165, 1.54) is 17.4 Å². The van der Waals surface area contributed by atoms with Crippen LogP contribution in [0.2, 0.25) is 0 Å². The second-order valence-electron chi connectivity index (χ2n) is 6.86. The van der Waals surface area contributed by atoms with Crippen LogP contribution in [0.1, 0.15) is 32.3 Å². The molecular formula is C21H18N6O3S. The van der Waals surface area contributed by atoms with E-state index in [1.807, 2.05) is 43.3 Å². The Kier molecular flexibility index (Phi) is 5.54. The van der Waals surface area contributed by atoms with Gasteiger partial charge in [0.2, 0.25) is 0 Å². The van der Waals surface area contributed by atoms with Gasteiger partial charge in [0.05, 0.1) is 22.0 Å². The molecule has 0 radical (unpaired) electrons. The molecule has 0 bridgehead atoms. The first-order chi connectivity index (χ1) is 14.9. The second-order valence-corrected chi connectivity index (χ2v) is 7.94. The third-order valence-electron chi connectivity index (χ3n) is 4.71. The number of hydrogen-bond donors (Lipinski definition) is 1. The zero-order valence-corrected chi connectivity index (χ0v) is 17.6. The quantitative estimate of drug-likeness (QED) is 0.361. The number of thiazole rings is 1. The number of rotatable bonds is 6. The van der Waals surface area contributed by atoms with Crippen LogP contribution in [0.4, 0.5) is 10.8 Å². The lowest BCUT2D eigenvalue weighted by Crippen LogP contribution is -2.14. The lowest BCUT2D eigenvalue weighted by atomic mass is 10.1. The summed E-state index contributed by atoms with van der Waals surface area (Å²) in [5, 5.41) is 22.3. The number of para-hydroxylation sites is 1. The van der Waals surface area contributed by atoms with Gasteiger partial charge < -0.3 is 0 Å². The number of anilines is 1. The largest absolute Gasteiger partial charge is 0.296 e. The Morgan fingerprint density at radius 1 is 1.16 bits per heavy atom. The van der Waals surface area contributed by atoms with E-state index >= 15 is 0 Å². The molecule has 2 aromatic heterocycles. The van der Waals surface area contributed by atoms with Crippen molar-refractivity contribution in [1.29, 1.82) is 0 Å². The van der Waals surface area contributed by atoms with Crippen molar-refractivity contribution in [2.75, 3.05) is 5.32 Å². The van der Waals surface area contributed by atoms with Crippen LogP contribution in [0.3, 0.4) is 0 Å². The zero-order valence-electron chi connectivity index (χ0n) is 16.8. The minimum atomic E-state index is -0.417. The van der Waals surface area contributed by atoms with Gasteiger partial charge in [0, 0.05) is 23.4 Å². The van der Waals surface area contributed by atoms with Crippen LogP contribution in [0.15, 0.2) is 54.6 Å². The van der Waals surface area contributed by atoms with Crippen LogP contribution >= 0.6 is 11.3 Å². The van der Waals surface area contributed by atoms with Crippen LogP contribution in [-0.4, -0.2) is 30.8 Å². The molecule has 9 nitrogen and oxygen atoms in total. The molecule has 0 saturated carbocycles. The van der Waals surface area contributed by atoms with E-state index < -0.39 is 10.8 Å². The first-order valence-electron chi connectivity index (χ1n) is 9.41. The lowest BCUT2D eigenvalue weighted by Gasteiger charge is -2.03. The highest BCUT2D eigenvalue weighted by Gasteiger charge is 2.19. The van der Waals surface area contributed by atoms with Crippen LogP contribution < -0.4 is 5.32 Å². The summed E-state index contributed by atoms with van der Waals surface area (Å²) in [4.78, 5) is 28.7. The highest BCUT2D eigenvalue weighted by atomic mass is 32.1. The van der Waals surface area contributed by atoms with E-state index in [2.05, 4.69) is 20.6 Å². The van der Waals surface area contributed by atoms with Gasteiger partial charge in [-0.1, -0.05) is 35.5 Å². The van der Waals surface area contributed by atoms with Crippen molar-refractivity contribution < 1.29 is 9.72 Å². The van der Waals surface area contributed by atoms with Crippen LogP contribution in [0.25, 0.3) is 5.69 Å². The van der Waals surface area contributed by atoms with Crippen LogP contribution in [-0.2, 0) is 6.42 Å². The average molecular weight is 434 g/mol. The van der Waals surface area contributed by atoms with Crippen LogP contribution in [0.5, 0.6) is 0 Å². The number of nitro benzene ring substituents is 1. The normalized spacial score (nSPS) is 10.8. The van der Waals surface area contributed by atoms with Gasteiger partial charge in [0.15, 0.2) is 10.8 Å². The molecule has 31 heavy (non-hydrogen) atoms. The molecule has 4 aromatic rings. The molecule has 0 aliphatic heterocycles. The van der Waals surface area contributed by atoms with Crippen molar-refractivity contribution in [2.45, 2.75) is 20.3 Å². The van der Waals surface area contributed by atoms with Gasteiger partial charge in [0.25, 0.3) is 11.6 Å². The van der Waals surface area contributed by atoms with Crippen molar-refractivity contribution in [3.05, 3.63) is 92.2 Å². The predicted molar refractivity (Wildman–Crippen MR) is 117 cm³/mol. The van der Waals surface area contributed by atoms with Gasteiger partial charge in [-0.25, -0.2) is 9.67 Å². The Balaban J connectivity index is 1.51. The number of aromatic nitrogens is 4. The summed E-state index contributed by atoms with van der Waals surface area (Å²) in [5.74, 6) is -0.393. The SMILES string of the molecule is Cc1nc(NC(=O)c2nnn(-c3ccccc3)c2C)sc1Cc1cccc([N+](=O)[O-])c1. The number of nitrogens with one attached hydrogen (secondary N) is 1. The molecule has 1 amide bonds. The standard InChI is InChI=1S/C21H18N6O3S/c1-13-18(12-15-7-6-10-17(11-15)27(29)30)31-21(22-13)23-20(28)19-14(2)26(25-24-19)16-8-4-3-5-9-16/h3-11H,12H2,1-2H3,(H,22,23,28). The summed E-state index contributed by atoms with van der Waals surface area (Å²) in [5.41, 5.74) is 3.27. The molecule has 2 aromatic carbocycles. The Bertz CT molecular complexity index is 1270. The average Bonchev–Trinajstić information content (AvgIpc) is 3.31. The first-order valence-corrected chi connectivity index (χ1v) is 10.2. The minimum Gasteiger partial charge on any atom is -0.296 e. The molecule has 2 heterocycles. The third-order valence-corrected chi connectivity index (χ3v) is 5.78.